The number of pyridine rings is 1. The van der Waals surface area contributed by atoms with E-state index >= 15 is 0 Å². The molecule has 2 aromatic rings. The van der Waals surface area contributed by atoms with E-state index in [0.29, 0.717) is 24.9 Å². The van der Waals surface area contributed by atoms with Gasteiger partial charge in [0.05, 0.1) is 12.3 Å². The molecule has 0 radical (unpaired) electrons. The van der Waals surface area contributed by atoms with Crippen molar-refractivity contribution in [2.45, 2.75) is 39.3 Å². The van der Waals surface area contributed by atoms with Gasteiger partial charge in [-0.2, -0.15) is 0 Å². The summed E-state index contributed by atoms with van der Waals surface area (Å²) in [6.07, 6.45) is 2.92. The van der Waals surface area contributed by atoms with Gasteiger partial charge in [0, 0.05) is 44.1 Å². The highest BCUT2D eigenvalue weighted by Gasteiger charge is 2.20. The lowest BCUT2D eigenvalue weighted by Crippen LogP contribution is -2.10. The molecule has 128 valence electrons. The van der Waals surface area contributed by atoms with Crippen molar-refractivity contribution in [1.29, 1.82) is 0 Å². The highest BCUT2D eigenvalue weighted by molar-refractivity contribution is 5.39. The number of aromatic nitrogens is 3. The van der Waals surface area contributed by atoms with Crippen LogP contribution in [0.1, 0.15) is 40.7 Å². The third-order valence-electron chi connectivity index (χ3n) is 4.23. The monoisotopic (exact) mass is 328 g/mol. The summed E-state index contributed by atoms with van der Waals surface area (Å²) in [5, 5.41) is 3.40. The maximum atomic E-state index is 5.49. The average Bonchev–Trinajstić information content (AvgIpc) is 3.09. The number of nitrogens with zero attached hydrogens (tertiary/aromatic N) is 3. The SMILES string of the molecule is COCc1nc(NCc2cnc(C)cc2C)cc(C2CCOC2)n1. The molecule has 1 N–H and O–H groups in total. The molecular formula is C18H24N4O2. The van der Waals surface area contributed by atoms with Gasteiger partial charge in [0.1, 0.15) is 12.4 Å². The molecule has 1 atom stereocenters. The standard InChI is InChI=1S/C18H24N4O2/c1-12-6-13(2)19-8-15(12)9-20-17-7-16(14-4-5-24-10-14)21-18(22-17)11-23-3/h6-8,14H,4-5,9-11H2,1-3H3,(H,20,21,22). The summed E-state index contributed by atoms with van der Waals surface area (Å²) in [4.78, 5) is 13.5. The summed E-state index contributed by atoms with van der Waals surface area (Å²) in [5.41, 5.74) is 4.45. The molecule has 1 aliphatic rings. The van der Waals surface area contributed by atoms with Gasteiger partial charge in [0.15, 0.2) is 5.82 Å². The van der Waals surface area contributed by atoms with Crippen molar-refractivity contribution in [3.8, 4) is 0 Å². The lowest BCUT2D eigenvalue weighted by Gasteiger charge is -2.13. The molecule has 0 aromatic carbocycles. The number of hydrogen-bond acceptors (Lipinski definition) is 6. The third-order valence-corrected chi connectivity index (χ3v) is 4.23. The molecule has 24 heavy (non-hydrogen) atoms. The van der Waals surface area contributed by atoms with E-state index in [2.05, 4.69) is 33.3 Å². The maximum Gasteiger partial charge on any atom is 0.156 e. The first-order valence-corrected chi connectivity index (χ1v) is 8.26. The summed E-state index contributed by atoms with van der Waals surface area (Å²) >= 11 is 0. The molecule has 6 nitrogen and oxygen atoms in total. The predicted octanol–water partition coefficient (Wildman–Crippen LogP) is 2.75. The summed E-state index contributed by atoms with van der Waals surface area (Å²) in [7, 11) is 1.66. The minimum Gasteiger partial charge on any atom is -0.381 e. The highest BCUT2D eigenvalue weighted by atomic mass is 16.5. The topological polar surface area (TPSA) is 69.2 Å². The van der Waals surface area contributed by atoms with Crippen molar-refractivity contribution in [1.82, 2.24) is 15.0 Å². The molecule has 2 aromatic heterocycles. The molecule has 0 aliphatic carbocycles. The van der Waals surface area contributed by atoms with Gasteiger partial charge in [-0.1, -0.05) is 0 Å². The van der Waals surface area contributed by atoms with Crippen LogP contribution < -0.4 is 5.32 Å². The van der Waals surface area contributed by atoms with Crippen LogP contribution in [0.3, 0.4) is 0 Å². The molecule has 0 spiro atoms. The molecule has 0 amide bonds. The van der Waals surface area contributed by atoms with E-state index in [9.17, 15) is 0 Å². The van der Waals surface area contributed by atoms with E-state index in [0.717, 1.165) is 36.8 Å². The summed E-state index contributed by atoms with van der Waals surface area (Å²) < 4.78 is 10.7. The summed E-state index contributed by atoms with van der Waals surface area (Å²) in [6.45, 7) is 6.71. The van der Waals surface area contributed by atoms with Gasteiger partial charge in [-0.05, 0) is 37.5 Å². The molecule has 0 saturated carbocycles. The Balaban J connectivity index is 1.78. The fourth-order valence-corrected chi connectivity index (χ4v) is 2.87. The first-order chi connectivity index (χ1) is 11.7. The third kappa shape index (κ3) is 4.07. The Kier molecular flexibility index (Phi) is 5.37. The number of methoxy groups -OCH3 is 1. The Hall–Kier alpha value is -2.05. The van der Waals surface area contributed by atoms with E-state index in [1.165, 1.54) is 11.1 Å². The molecule has 1 fully saturated rings. The Morgan fingerprint density at radius 1 is 1.29 bits per heavy atom. The molecule has 1 unspecified atom stereocenters. The lowest BCUT2D eigenvalue weighted by molar-refractivity contribution is 0.177. The molecule has 0 bridgehead atoms. The zero-order valence-electron chi connectivity index (χ0n) is 14.5. The van der Waals surface area contributed by atoms with Gasteiger partial charge in [-0.15, -0.1) is 0 Å². The van der Waals surface area contributed by atoms with Crippen LogP contribution in [0, 0.1) is 13.8 Å². The number of rotatable bonds is 6. The normalized spacial score (nSPS) is 17.2. The smallest absolute Gasteiger partial charge is 0.156 e. The van der Waals surface area contributed by atoms with E-state index in [1.807, 2.05) is 19.2 Å². The van der Waals surface area contributed by atoms with Crippen molar-refractivity contribution in [3.05, 3.63) is 46.7 Å². The van der Waals surface area contributed by atoms with Gasteiger partial charge >= 0.3 is 0 Å². The molecule has 3 heterocycles. The largest absolute Gasteiger partial charge is 0.381 e. The minimum absolute atomic E-state index is 0.340. The summed E-state index contributed by atoms with van der Waals surface area (Å²) in [6, 6.07) is 4.12. The van der Waals surface area contributed by atoms with Crippen LogP contribution in [-0.2, 0) is 22.6 Å². The molecule has 6 heteroatoms. The van der Waals surface area contributed by atoms with Crippen molar-refractivity contribution in [2.75, 3.05) is 25.6 Å². The predicted molar refractivity (Wildman–Crippen MR) is 92.0 cm³/mol. The number of aryl methyl sites for hydroxylation is 2. The van der Waals surface area contributed by atoms with Crippen LogP contribution in [0.2, 0.25) is 0 Å². The van der Waals surface area contributed by atoms with Gasteiger partial charge in [0.25, 0.3) is 0 Å². The molecule has 1 aliphatic heterocycles. The van der Waals surface area contributed by atoms with Crippen LogP contribution in [-0.4, -0.2) is 35.3 Å². The van der Waals surface area contributed by atoms with Gasteiger partial charge in [0.2, 0.25) is 0 Å². The van der Waals surface area contributed by atoms with Crippen molar-refractivity contribution >= 4 is 5.82 Å². The number of anilines is 1. The molecule has 1 saturated heterocycles. The zero-order chi connectivity index (χ0) is 16.9. The van der Waals surface area contributed by atoms with Crippen LogP contribution in [0.25, 0.3) is 0 Å². The molecular weight excluding hydrogens is 304 g/mol. The fraction of sp³-hybridized carbons (Fsp3) is 0.500. The number of ether oxygens (including phenoxy) is 2. The van der Waals surface area contributed by atoms with E-state index < -0.39 is 0 Å². The first kappa shape index (κ1) is 16.8. The fourth-order valence-electron chi connectivity index (χ4n) is 2.87. The van der Waals surface area contributed by atoms with Crippen LogP contribution in [0.4, 0.5) is 5.82 Å². The van der Waals surface area contributed by atoms with Crippen molar-refractivity contribution in [2.24, 2.45) is 0 Å². The second kappa shape index (κ2) is 7.68. The van der Waals surface area contributed by atoms with Crippen molar-refractivity contribution < 1.29 is 9.47 Å². The number of hydrogen-bond donors (Lipinski definition) is 1. The average molecular weight is 328 g/mol. The Morgan fingerprint density at radius 3 is 2.88 bits per heavy atom. The quantitative estimate of drug-likeness (QED) is 0.879. The van der Waals surface area contributed by atoms with Crippen LogP contribution >= 0.6 is 0 Å². The second-order valence-corrected chi connectivity index (χ2v) is 6.19. The van der Waals surface area contributed by atoms with Gasteiger partial charge in [-0.3, -0.25) is 4.98 Å². The van der Waals surface area contributed by atoms with E-state index in [4.69, 9.17) is 9.47 Å². The van der Waals surface area contributed by atoms with Gasteiger partial charge < -0.3 is 14.8 Å². The Morgan fingerprint density at radius 2 is 2.17 bits per heavy atom. The lowest BCUT2D eigenvalue weighted by atomic mass is 10.0. The highest BCUT2D eigenvalue weighted by Crippen LogP contribution is 2.25. The Bertz CT molecular complexity index is 699. The Labute approximate surface area is 142 Å². The van der Waals surface area contributed by atoms with E-state index in [-0.39, 0.29) is 0 Å². The molecule has 3 rings (SSSR count). The number of nitrogens with one attached hydrogen (secondary N) is 1. The second-order valence-electron chi connectivity index (χ2n) is 6.19. The van der Waals surface area contributed by atoms with Gasteiger partial charge in [-0.25, -0.2) is 9.97 Å². The van der Waals surface area contributed by atoms with Crippen molar-refractivity contribution in [3.63, 3.8) is 0 Å². The first-order valence-electron chi connectivity index (χ1n) is 8.26. The van der Waals surface area contributed by atoms with Crippen LogP contribution in [0.5, 0.6) is 0 Å². The van der Waals surface area contributed by atoms with Crippen LogP contribution in [0.15, 0.2) is 18.3 Å². The summed E-state index contributed by atoms with van der Waals surface area (Å²) in [5.74, 6) is 1.86. The minimum atomic E-state index is 0.340. The maximum absolute atomic E-state index is 5.49. The van der Waals surface area contributed by atoms with E-state index in [1.54, 1.807) is 7.11 Å². The zero-order valence-corrected chi connectivity index (χ0v) is 14.5.